The van der Waals surface area contributed by atoms with Gasteiger partial charge >= 0.3 is 0 Å². The first-order chi connectivity index (χ1) is 13.6. The first kappa shape index (κ1) is 18.5. The molecule has 0 aliphatic carbocycles. The molecule has 0 N–H and O–H groups in total. The van der Waals surface area contributed by atoms with Crippen LogP contribution in [-0.4, -0.2) is 11.2 Å². The molecule has 0 bridgehead atoms. The van der Waals surface area contributed by atoms with E-state index in [0.29, 0.717) is 15.9 Å². The molecule has 138 valence electrons. The van der Waals surface area contributed by atoms with Crippen LogP contribution in [0.15, 0.2) is 76.1 Å². The molecule has 28 heavy (non-hydrogen) atoms. The summed E-state index contributed by atoms with van der Waals surface area (Å²) in [5, 5.41) is 1.22. The molecule has 0 aliphatic heterocycles. The Morgan fingerprint density at radius 3 is 2.68 bits per heavy atom. The van der Waals surface area contributed by atoms with E-state index in [1.807, 2.05) is 67.6 Å². The van der Waals surface area contributed by atoms with Crippen LogP contribution in [0.5, 0.6) is 0 Å². The topological polar surface area (TPSA) is 38.4 Å². The number of aryl methyl sites for hydroxylation is 1. The summed E-state index contributed by atoms with van der Waals surface area (Å²) in [5.41, 5.74) is 5.33. The average Bonchev–Trinajstić information content (AvgIpc) is 3.13. The smallest absolute Gasteiger partial charge is 0.227 e. The van der Waals surface area contributed by atoms with Gasteiger partial charge in [-0.1, -0.05) is 53.5 Å². The van der Waals surface area contributed by atoms with E-state index in [0.717, 1.165) is 33.5 Å². The maximum atomic E-state index is 6.16. The Hall–Kier alpha value is -2.88. The molecule has 4 rings (SSSR count). The van der Waals surface area contributed by atoms with Crippen molar-refractivity contribution in [1.29, 1.82) is 0 Å². The van der Waals surface area contributed by atoms with Gasteiger partial charge in [-0.3, -0.25) is 4.99 Å². The van der Waals surface area contributed by atoms with Crippen LogP contribution in [0.4, 0.5) is 5.69 Å². The van der Waals surface area contributed by atoms with E-state index in [1.165, 1.54) is 0 Å². The molecule has 0 radical (unpaired) electrons. The van der Waals surface area contributed by atoms with Crippen molar-refractivity contribution in [3.05, 3.63) is 87.9 Å². The van der Waals surface area contributed by atoms with Crippen LogP contribution in [0.2, 0.25) is 10.0 Å². The summed E-state index contributed by atoms with van der Waals surface area (Å²) in [6.45, 7) is 2.02. The maximum Gasteiger partial charge on any atom is 0.227 e. The lowest BCUT2D eigenvalue weighted by Gasteiger charge is -1.98. The van der Waals surface area contributed by atoms with Crippen molar-refractivity contribution >= 4 is 52.3 Å². The van der Waals surface area contributed by atoms with E-state index in [4.69, 9.17) is 27.6 Å². The molecule has 0 saturated carbocycles. The first-order valence-electron chi connectivity index (χ1n) is 8.72. The molecule has 0 atom stereocenters. The third-order valence-electron chi connectivity index (χ3n) is 4.26. The summed E-state index contributed by atoms with van der Waals surface area (Å²) in [6, 6.07) is 19.1. The lowest BCUT2D eigenvalue weighted by atomic mass is 10.2. The summed E-state index contributed by atoms with van der Waals surface area (Å²) in [6.07, 6.45) is 5.44. The highest BCUT2D eigenvalue weighted by molar-refractivity contribution is 6.35. The minimum atomic E-state index is 0.588. The van der Waals surface area contributed by atoms with Crippen molar-refractivity contribution in [2.75, 3.05) is 0 Å². The van der Waals surface area contributed by atoms with Crippen molar-refractivity contribution in [1.82, 2.24) is 4.98 Å². The van der Waals surface area contributed by atoms with E-state index in [1.54, 1.807) is 18.3 Å². The average molecular weight is 407 g/mol. The Morgan fingerprint density at radius 2 is 1.86 bits per heavy atom. The van der Waals surface area contributed by atoms with Crippen molar-refractivity contribution in [3.8, 4) is 11.5 Å². The molecular formula is C23H16Cl2N2O. The number of hydrogen-bond donors (Lipinski definition) is 0. The zero-order valence-corrected chi connectivity index (χ0v) is 16.6. The van der Waals surface area contributed by atoms with Gasteiger partial charge in [-0.05, 0) is 60.5 Å². The highest BCUT2D eigenvalue weighted by Crippen LogP contribution is 2.28. The fourth-order valence-corrected chi connectivity index (χ4v) is 3.31. The van der Waals surface area contributed by atoms with Crippen LogP contribution in [0.1, 0.15) is 11.1 Å². The van der Waals surface area contributed by atoms with Crippen LogP contribution < -0.4 is 0 Å². The third kappa shape index (κ3) is 4.01. The molecule has 1 heterocycles. The molecule has 5 heteroatoms. The third-order valence-corrected chi connectivity index (χ3v) is 4.82. The van der Waals surface area contributed by atoms with Crippen molar-refractivity contribution in [2.24, 2.45) is 4.99 Å². The first-order valence-corrected chi connectivity index (χ1v) is 9.48. The Balaban J connectivity index is 1.55. The number of oxazole rings is 1. The van der Waals surface area contributed by atoms with E-state index in [-0.39, 0.29) is 0 Å². The maximum absolute atomic E-state index is 6.16. The minimum Gasteiger partial charge on any atom is -0.436 e. The standard InChI is InChI=1S/C23H16Cl2N2O/c1-15-5-2-9-21-22(15)27-23(28-21)17-6-3-8-19(13-17)26-12-4-7-16-10-11-18(24)14-20(16)25/h2-14H,1H3/b7-4+,26-12?. The second-order valence-corrected chi connectivity index (χ2v) is 7.14. The lowest BCUT2D eigenvalue weighted by molar-refractivity contribution is 0.620. The van der Waals surface area contributed by atoms with Crippen LogP contribution >= 0.6 is 23.2 Å². The van der Waals surface area contributed by atoms with Crippen LogP contribution in [0, 0.1) is 6.92 Å². The number of aromatic nitrogens is 1. The Morgan fingerprint density at radius 1 is 1.00 bits per heavy atom. The van der Waals surface area contributed by atoms with Gasteiger partial charge in [0, 0.05) is 21.8 Å². The van der Waals surface area contributed by atoms with Gasteiger partial charge in [0.1, 0.15) is 5.52 Å². The minimum absolute atomic E-state index is 0.588. The van der Waals surface area contributed by atoms with Gasteiger partial charge in [0.15, 0.2) is 5.58 Å². The monoisotopic (exact) mass is 406 g/mol. The fraction of sp³-hybridized carbons (Fsp3) is 0.0435. The predicted molar refractivity (Wildman–Crippen MR) is 118 cm³/mol. The number of fused-ring (bicyclic) bond motifs is 1. The molecule has 1 aromatic heterocycles. The molecule has 0 unspecified atom stereocenters. The summed E-state index contributed by atoms with van der Waals surface area (Å²) >= 11 is 12.1. The van der Waals surface area contributed by atoms with Crippen molar-refractivity contribution in [3.63, 3.8) is 0 Å². The quantitative estimate of drug-likeness (QED) is 0.328. The predicted octanol–water partition coefficient (Wildman–Crippen LogP) is 7.53. The van der Waals surface area contributed by atoms with Gasteiger partial charge in [-0.25, -0.2) is 4.98 Å². The van der Waals surface area contributed by atoms with Gasteiger partial charge in [-0.2, -0.15) is 0 Å². The van der Waals surface area contributed by atoms with E-state index in [2.05, 4.69) is 9.98 Å². The molecule has 0 amide bonds. The molecule has 0 aliphatic rings. The van der Waals surface area contributed by atoms with Crippen LogP contribution in [-0.2, 0) is 0 Å². The second kappa shape index (κ2) is 8.01. The summed E-state index contributed by atoms with van der Waals surface area (Å²) < 4.78 is 5.89. The molecule has 0 spiro atoms. The van der Waals surface area contributed by atoms with E-state index in [9.17, 15) is 0 Å². The van der Waals surface area contributed by atoms with Crippen LogP contribution in [0.25, 0.3) is 28.6 Å². The van der Waals surface area contributed by atoms with Gasteiger partial charge in [0.05, 0.1) is 5.69 Å². The Labute approximate surface area is 173 Å². The Bertz CT molecular complexity index is 1210. The number of para-hydroxylation sites is 1. The van der Waals surface area contributed by atoms with Crippen LogP contribution in [0.3, 0.4) is 0 Å². The van der Waals surface area contributed by atoms with Gasteiger partial charge in [-0.15, -0.1) is 0 Å². The van der Waals surface area contributed by atoms with E-state index < -0.39 is 0 Å². The number of aliphatic imine (C=N–C) groups is 1. The second-order valence-electron chi connectivity index (χ2n) is 6.29. The van der Waals surface area contributed by atoms with Gasteiger partial charge in [0.25, 0.3) is 0 Å². The number of halogens is 2. The largest absolute Gasteiger partial charge is 0.436 e. The highest BCUT2D eigenvalue weighted by atomic mass is 35.5. The molecule has 3 nitrogen and oxygen atoms in total. The van der Waals surface area contributed by atoms with Crippen molar-refractivity contribution < 1.29 is 4.42 Å². The lowest BCUT2D eigenvalue weighted by Crippen LogP contribution is -1.78. The summed E-state index contributed by atoms with van der Waals surface area (Å²) in [4.78, 5) is 9.09. The molecule has 0 fully saturated rings. The number of rotatable bonds is 4. The zero-order chi connectivity index (χ0) is 19.5. The van der Waals surface area contributed by atoms with Gasteiger partial charge in [0.2, 0.25) is 5.89 Å². The number of nitrogens with zero attached hydrogens (tertiary/aromatic N) is 2. The zero-order valence-electron chi connectivity index (χ0n) is 15.1. The number of allylic oxidation sites excluding steroid dienone is 1. The number of benzene rings is 3. The molecule has 4 aromatic rings. The molecular weight excluding hydrogens is 391 g/mol. The van der Waals surface area contributed by atoms with Crippen molar-refractivity contribution in [2.45, 2.75) is 6.92 Å². The van der Waals surface area contributed by atoms with E-state index >= 15 is 0 Å². The fourth-order valence-electron chi connectivity index (χ4n) is 2.84. The molecule has 3 aromatic carbocycles. The normalized spacial score (nSPS) is 11.8. The summed E-state index contributed by atoms with van der Waals surface area (Å²) in [5.74, 6) is 0.588. The molecule has 0 saturated heterocycles. The highest BCUT2D eigenvalue weighted by Gasteiger charge is 2.09. The number of hydrogen-bond acceptors (Lipinski definition) is 3. The summed E-state index contributed by atoms with van der Waals surface area (Å²) in [7, 11) is 0. The van der Waals surface area contributed by atoms with Gasteiger partial charge < -0.3 is 4.42 Å². The SMILES string of the molecule is Cc1cccc2oc(-c3cccc(N=C/C=C/c4ccc(Cl)cc4Cl)c3)nc12. The Kier molecular flexibility index (Phi) is 5.29.